The fourth-order valence-corrected chi connectivity index (χ4v) is 3.84. The molecule has 0 saturated carbocycles. The molecule has 0 atom stereocenters. The molecular formula is C18H26N2O4. The van der Waals surface area contributed by atoms with Gasteiger partial charge >= 0.3 is 6.09 Å². The lowest BCUT2D eigenvalue weighted by molar-refractivity contribution is 0.0782. The second-order valence-electron chi connectivity index (χ2n) is 6.31. The van der Waals surface area contributed by atoms with Gasteiger partial charge in [0.15, 0.2) is 11.5 Å². The summed E-state index contributed by atoms with van der Waals surface area (Å²) in [5.41, 5.74) is 2.47. The number of rotatable bonds is 3. The van der Waals surface area contributed by atoms with Gasteiger partial charge in [0.05, 0.1) is 20.8 Å². The quantitative estimate of drug-likeness (QED) is 0.919. The number of ether oxygens (including phenoxy) is 3. The van der Waals surface area contributed by atoms with Gasteiger partial charge in [-0.25, -0.2) is 4.79 Å². The van der Waals surface area contributed by atoms with E-state index in [1.807, 2.05) is 6.92 Å². The summed E-state index contributed by atoms with van der Waals surface area (Å²) in [6, 6.07) is 4.19. The summed E-state index contributed by atoms with van der Waals surface area (Å²) in [6.07, 6.45) is 2.50. The summed E-state index contributed by atoms with van der Waals surface area (Å²) < 4.78 is 16.1. The molecule has 1 spiro atoms. The van der Waals surface area contributed by atoms with E-state index in [0.717, 1.165) is 37.3 Å². The Bertz CT molecular complexity index is 609. The van der Waals surface area contributed by atoms with Crippen molar-refractivity contribution in [2.24, 2.45) is 0 Å². The van der Waals surface area contributed by atoms with Gasteiger partial charge in [-0.05, 0) is 49.4 Å². The standard InChI is InChI=1S/C18H26N2O4/c1-4-24-17(21)20-9-6-18(7-10-20)14-12-16(23-3)15(22-2)11-13(14)5-8-19-18/h11-12,19H,4-10H2,1-3H3. The maximum absolute atomic E-state index is 11.9. The molecule has 2 aliphatic rings. The van der Waals surface area contributed by atoms with Gasteiger partial charge in [-0.2, -0.15) is 0 Å². The zero-order chi connectivity index (χ0) is 17.2. The molecule has 0 bridgehead atoms. The Kier molecular flexibility index (Phi) is 4.85. The van der Waals surface area contributed by atoms with Crippen LogP contribution in [0.15, 0.2) is 12.1 Å². The second kappa shape index (κ2) is 6.89. The van der Waals surface area contributed by atoms with Crippen molar-refractivity contribution in [1.29, 1.82) is 0 Å². The van der Waals surface area contributed by atoms with Crippen molar-refractivity contribution < 1.29 is 19.0 Å². The molecule has 1 saturated heterocycles. The Morgan fingerprint density at radius 3 is 2.50 bits per heavy atom. The highest BCUT2D eigenvalue weighted by atomic mass is 16.6. The lowest BCUT2D eigenvalue weighted by atomic mass is 9.75. The zero-order valence-electron chi connectivity index (χ0n) is 14.7. The Labute approximate surface area is 143 Å². The van der Waals surface area contributed by atoms with Crippen LogP contribution < -0.4 is 14.8 Å². The summed E-state index contributed by atoms with van der Waals surface area (Å²) in [5.74, 6) is 1.53. The van der Waals surface area contributed by atoms with Crippen molar-refractivity contribution in [2.45, 2.75) is 31.7 Å². The third kappa shape index (κ3) is 2.90. The molecule has 132 valence electrons. The number of amides is 1. The Morgan fingerprint density at radius 2 is 1.88 bits per heavy atom. The highest BCUT2D eigenvalue weighted by Crippen LogP contribution is 2.42. The largest absolute Gasteiger partial charge is 0.493 e. The molecule has 0 unspecified atom stereocenters. The van der Waals surface area contributed by atoms with E-state index in [4.69, 9.17) is 14.2 Å². The molecule has 1 fully saturated rings. The van der Waals surface area contributed by atoms with Crippen molar-refractivity contribution in [3.63, 3.8) is 0 Å². The third-order valence-electron chi connectivity index (χ3n) is 5.13. The first-order chi connectivity index (χ1) is 11.6. The summed E-state index contributed by atoms with van der Waals surface area (Å²) in [5, 5.41) is 3.70. The fourth-order valence-electron chi connectivity index (χ4n) is 3.84. The number of fused-ring (bicyclic) bond motifs is 2. The van der Waals surface area contributed by atoms with Crippen molar-refractivity contribution >= 4 is 6.09 Å². The number of carbonyl (C=O) groups is 1. The van der Waals surface area contributed by atoms with E-state index in [1.54, 1.807) is 19.1 Å². The van der Waals surface area contributed by atoms with Crippen LogP contribution in [0, 0.1) is 0 Å². The van der Waals surface area contributed by atoms with Gasteiger partial charge in [0.25, 0.3) is 0 Å². The number of hydrogen-bond donors (Lipinski definition) is 1. The minimum absolute atomic E-state index is 0.101. The zero-order valence-corrected chi connectivity index (χ0v) is 14.7. The van der Waals surface area contributed by atoms with E-state index in [1.165, 1.54) is 11.1 Å². The Balaban J connectivity index is 1.86. The van der Waals surface area contributed by atoms with Gasteiger partial charge in [-0.1, -0.05) is 0 Å². The number of nitrogens with one attached hydrogen (secondary N) is 1. The van der Waals surface area contributed by atoms with Crippen LogP contribution in [0.3, 0.4) is 0 Å². The van der Waals surface area contributed by atoms with Crippen LogP contribution in [0.5, 0.6) is 11.5 Å². The lowest BCUT2D eigenvalue weighted by Gasteiger charge is -2.46. The number of methoxy groups -OCH3 is 2. The van der Waals surface area contributed by atoms with Crippen LogP contribution in [0.4, 0.5) is 4.79 Å². The topological polar surface area (TPSA) is 60.0 Å². The first-order valence-corrected chi connectivity index (χ1v) is 8.55. The number of carbonyl (C=O) groups excluding carboxylic acids is 1. The van der Waals surface area contributed by atoms with Crippen LogP contribution in [0.2, 0.25) is 0 Å². The first-order valence-electron chi connectivity index (χ1n) is 8.55. The van der Waals surface area contributed by atoms with E-state index in [9.17, 15) is 4.79 Å². The maximum atomic E-state index is 11.9. The summed E-state index contributed by atoms with van der Waals surface area (Å²) in [4.78, 5) is 13.7. The van der Waals surface area contributed by atoms with Crippen LogP contribution >= 0.6 is 0 Å². The number of likely N-dealkylation sites (tertiary alicyclic amines) is 1. The highest BCUT2D eigenvalue weighted by Gasteiger charge is 2.41. The average molecular weight is 334 g/mol. The highest BCUT2D eigenvalue weighted by molar-refractivity contribution is 5.67. The van der Waals surface area contributed by atoms with Gasteiger partial charge in [-0.3, -0.25) is 0 Å². The molecule has 24 heavy (non-hydrogen) atoms. The second-order valence-corrected chi connectivity index (χ2v) is 6.31. The summed E-state index contributed by atoms with van der Waals surface area (Å²) in [7, 11) is 3.33. The normalized spacial score (nSPS) is 18.9. The van der Waals surface area contributed by atoms with E-state index in [-0.39, 0.29) is 11.6 Å². The number of benzene rings is 1. The van der Waals surface area contributed by atoms with Gasteiger partial charge in [0, 0.05) is 25.2 Å². The van der Waals surface area contributed by atoms with E-state index in [2.05, 4.69) is 17.4 Å². The average Bonchev–Trinajstić information content (AvgIpc) is 2.62. The predicted molar refractivity (Wildman–Crippen MR) is 90.8 cm³/mol. The van der Waals surface area contributed by atoms with E-state index < -0.39 is 0 Å². The lowest BCUT2D eigenvalue weighted by Crippen LogP contribution is -2.55. The number of hydrogen-bond acceptors (Lipinski definition) is 5. The van der Waals surface area contributed by atoms with E-state index in [0.29, 0.717) is 19.7 Å². The molecule has 1 aromatic rings. The molecule has 1 amide bonds. The molecule has 1 N–H and O–H groups in total. The molecule has 6 heteroatoms. The van der Waals surface area contributed by atoms with Crippen molar-refractivity contribution in [3.05, 3.63) is 23.3 Å². The third-order valence-corrected chi connectivity index (χ3v) is 5.13. The number of piperidine rings is 1. The SMILES string of the molecule is CCOC(=O)N1CCC2(CC1)NCCc1cc(OC)c(OC)cc12. The minimum Gasteiger partial charge on any atom is -0.493 e. The van der Waals surface area contributed by atoms with Gasteiger partial charge in [0.2, 0.25) is 0 Å². The Morgan fingerprint density at radius 1 is 1.21 bits per heavy atom. The molecule has 0 aliphatic carbocycles. The van der Waals surface area contributed by atoms with Crippen LogP contribution in [0.1, 0.15) is 30.9 Å². The van der Waals surface area contributed by atoms with Crippen LogP contribution in [-0.2, 0) is 16.7 Å². The summed E-state index contributed by atoms with van der Waals surface area (Å²) in [6.45, 7) is 4.57. The minimum atomic E-state index is -0.212. The molecule has 2 heterocycles. The van der Waals surface area contributed by atoms with Crippen LogP contribution in [-0.4, -0.2) is 51.5 Å². The molecule has 0 radical (unpaired) electrons. The smallest absolute Gasteiger partial charge is 0.409 e. The van der Waals surface area contributed by atoms with Crippen LogP contribution in [0.25, 0.3) is 0 Å². The van der Waals surface area contributed by atoms with Crippen molar-refractivity contribution in [3.8, 4) is 11.5 Å². The Hall–Kier alpha value is -1.95. The summed E-state index contributed by atoms with van der Waals surface area (Å²) >= 11 is 0. The van der Waals surface area contributed by atoms with Gasteiger partial charge in [0.1, 0.15) is 0 Å². The molecule has 2 aliphatic heterocycles. The molecular weight excluding hydrogens is 308 g/mol. The molecule has 6 nitrogen and oxygen atoms in total. The molecule has 3 rings (SSSR count). The van der Waals surface area contributed by atoms with Gasteiger partial charge in [-0.15, -0.1) is 0 Å². The fraction of sp³-hybridized carbons (Fsp3) is 0.611. The van der Waals surface area contributed by atoms with Crippen molar-refractivity contribution in [1.82, 2.24) is 10.2 Å². The molecule has 0 aromatic heterocycles. The number of nitrogens with zero attached hydrogens (tertiary/aromatic N) is 1. The maximum Gasteiger partial charge on any atom is 0.409 e. The van der Waals surface area contributed by atoms with Crippen molar-refractivity contribution in [2.75, 3.05) is 40.5 Å². The predicted octanol–water partition coefficient (Wildman–Crippen LogP) is 2.30. The van der Waals surface area contributed by atoms with E-state index >= 15 is 0 Å². The first kappa shape index (κ1) is 16.9. The molecule has 1 aromatic carbocycles. The van der Waals surface area contributed by atoms with Gasteiger partial charge < -0.3 is 24.4 Å². The monoisotopic (exact) mass is 334 g/mol.